The van der Waals surface area contributed by atoms with Gasteiger partial charge in [-0.1, -0.05) is 13.0 Å². The van der Waals surface area contributed by atoms with Gasteiger partial charge in [-0.15, -0.1) is 0 Å². The zero-order chi connectivity index (χ0) is 13.0. The summed E-state index contributed by atoms with van der Waals surface area (Å²) < 4.78 is 5.36. The summed E-state index contributed by atoms with van der Waals surface area (Å²) in [7, 11) is 1.64. The van der Waals surface area contributed by atoms with Gasteiger partial charge < -0.3 is 4.74 Å². The van der Waals surface area contributed by atoms with Crippen LogP contribution >= 0.6 is 0 Å². The van der Waals surface area contributed by atoms with Crippen LogP contribution in [0.1, 0.15) is 18.1 Å². The molecule has 3 nitrogen and oxygen atoms in total. The van der Waals surface area contributed by atoms with Gasteiger partial charge in [0.15, 0.2) is 0 Å². The van der Waals surface area contributed by atoms with Crippen LogP contribution in [0.2, 0.25) is 0 Å². The van der Waals surface area contributed by atoms with Crippen molar-refractivity contribution in [2.24, 2.45) is 0 Å². The van der Waals surface area contributed by atoms with Crippen molar-refractivity contribution in [3.05, 3.63) is 47.8 Å². The third kappa shape index (κ3) is 2.33. The number of methoxy groups -OCH3 is 1. The predicted octanol–water partition coefficient (Wildman–Crippen LogP) is 3.19. The second-order valence-electron chi connectivity index (χ2n) is 3.96. The molecule has 0 aliphatic rings. The van der Waals surface area contributed by atoms with Crippen molar-refractivity contribution < 1.29 is 4.74 Å². The van der Waals surface area contributed by atoms with Gasteiger partial charge in [0.1, 0.15) is 11.8 Å². The van der Waals surface area contributed by atoms with E-state index in [1.807, 2.05) is 18.2 Å². The first kappa shape index (κ1) is 12.1. The van der Waals surface area contributed by atoms with Crippen molar-refractivity contribution in [1.29, 1.82) is 5.26 Å². The van der Waals surface area contributed by atoms with Crippen molar-refractivity contribution >= 4 is 0 Å². The molecule has 0 saturated heterocycles. The van der Waals surface area contributed by atoms with E-state index in [0.717, 1.165) is 23.3 Å². The Bertz CT molecular complexity index is 600. The van der Waals surface area contributed by atoms with Gasteiger partial charge in [-0.25, -0.2) is 0 Å². The molecule has 0 fully saturated rings. The molecule has 18 heavy (non-hydrogen) atoms. The number of benzene rings is 1. The second kappa shape index (κ2) is 5.33. The lowest BCUT2D eigenvalue weighted by atomic mass is 10.0. The van der Waals surface area contributed by atoms with Gasteiger partial charge in [0, 0.05) is 23.5 Å². The highest BCUT2D eigenvalue weighted by Crippen LogP contribution is 2.31. The van der Waals surface area contributed by atoms with Gasteiger partial charge in [0.25, 0.3) is 0 Å². The first-order valence-corrected chi connectivity index (χ1v) is 5.81. The summed E-state index contributed by atoms with van der Waals surface area (Å²) in [5.74, 6) is 0.795. The number of pyridine rings is 1. The normalized spacial score (nSPS) is 9.83. The van der Waals surface area contributed by atoms with Crippen LogP contribution in [-0.2, 0) is 6.42 Å². The number of rotatable bonds is 3. The van der Waals surface area contributed by atoms with Gasteiger partial charge in [0.2, 0.25) is 0 Å². The van der Waals surface area contributed by atoms with Crippen molar-refractivity contribution in [3.63, 3.8) is 0 Å². The summed E-state index contributed by atoms with van der Waals surface area (Å²) in [4.78, 5) is 4.08. The fraction of sp³-hybridized carbons (Fsp3) is 0.200. The molecule has 0 aliphatic heterocycles. The fourth-order valence-corrected chi connectivity index (χ4v) is 1.85. The number of aryl methyl sites for hydroxylation is 1. The topological polar surface area (TPSA) is 45.9 Å². The molecule has 90 valence electrons. The Labute approximate surface area is 107 Å². The summed E-state index contributed by atoms with van der Waals surface area (Å²) >= 11 is 0. The average molecular weight is 238 g/mol. The number of hydrogen-bond acceptors (Lipinski definition) is 3. The molecule has 0 unspecified atom stereocenters. The highest BCUT2D eigenvalue weighted by molar-refractivity contribution is 5.71. The molecule has 0 bridgehead atoms. The second-order valence-corrected chi connectivity index (χ2v) is 3.96. The highest BCUT2D eigenvalue weighted by atomic mass is 16.5. The van der Waals surface area contributed by atoms with Gasteiger partial charge >= 0.3 is 0 Å². The SMILES string of the molecule is CCc1ccc(OC)c(-c2cncc(C#N)c2)c1. The van der Waals surface area contributed by atoms with E-state index in [1.54, 1.807) is 19.5 Å². The Kier molecular flexibility index (Phi) is 3.59. The molecule has 1 aromatic heterocycles. The maximum Gasteiger partial charge on any atom is 0.126 e. The Morgan fingerprint density at radius 3 is 2.78 bits per heavy atom. The third-order valence-electron chi connectivity index (χ3n) is 2.85. The number of ether oxygens (including phenoxy) is 1. The van der Waals surface area contributed by atoms with Gasteiger partial charge in [-0.05, 0) is 30.2 Å². The Morgan fingerprint density at radius 2 is 2.11 bits per heavy atom. The van der Waals surface area contributed by atoms with Crippen molar-refractivity contribution in [3.8, 4) is 22.9 Å². The summed E-state index contributed by atoms with van der Waals surface area (Å²) in [6.45, 7) is 2.11. The van der Waals surface area contributed by atoms with Crippen LogP contribution in [0.3, 0.4) is 0 Å². The van der Waals surface area contributed by atoms with E-state index < -0.39 is 0 Å². The van der Waals surface area contributed by atoms with E-state index in [1.165, 1.54) is 5.56 Å². The maximum atomic E-state index is 8.91. The smallest absolute Gasteiger partial charge is 0.126 e. The van der Waals surface area contributed by atoms with Crippen molar-refractivity contribution in [1.82, 2.24) is 4.98 Å². The molecule has 0 atom stereocenters. The Morgan fingerprint density at radius 1 is 1.28 bits per heavy atom. The van der Waals surface area contributed by atoms with Crippen LogP contribution in [0.5, 0.6) is 5.75 Å². The molecule has 0 spiro atoms. The number of nitrogens with zero attached hydrogens (tertiary/aromatic N) is 2. The molecule has 0 saturated carbocycles. The summed E-state index contributed by atoms with van der Waals surface area (Å²) in [6.07, 6.45) is 4.26. The lowest BCUT2D eigenvalue weighted by molar-refractivity contribution is 0.416. The Balaban J connectivity index is 2.57. The maximum absolute atomic E-state index is 8.91. The van der Waals surface area contributed by atoms with Crippen LogP contribution < -0.4 is 4.74 Å². The largest absolute Gasteiger partial charge is 0.496 e. The van der Waals surface area contributed by atoms with E-state index in [4.69, 9.17) is 10.00 Å². The quantitative estimate of drug-likeness (QED) is 0.825. The predicted molar refractivity (Wildman–Crippen MR) is 70.3 cm³/mol. The van der Waals surface area contributed by atoms with E-state index in [2.05, 4.69) is 24.0 Å². The van der Waals surface area contributed by atoms with E-state index in [-0.39, 0.29) is 0 Å². The molecule has 1 aromatic carbocycles. The molecule has 3 heteroatoms. The van der Waals surface area contributed by atoms with E-state index in [9.17, 15) is 0 Å². The van der Waals surface area contributed by atoms with Crippen molar-refractivity contribution in [2.75, 3.05) is 7.11 Å². The van der Waals surface area contributed by atoms with Gasteiger partial charge in [-0.3, -0.25) is 4.98 Å². The molecule has 1 heterocycles. The molecule has 0 radical (unpaired) electrons. The van der Waals surface area contributed by atoms with E-state index >= 15 is 0 Å². The molecule has 0 aliphatic carbocycles. The van der Waals surface area contributed by atoms with Crippen LogP contribution in [0.15, 0.2) is 36.7 Å². The minimum atomic E-state index is 0.552. The van der Waals surface area contributed by atoms with Crippen LogP contribution in [0.25, 0.3) is 11.1 Å². The Hall–Kier alpha value is -2.34. The average Bonchev–Trinajstić information content (AvgIpc) is 2.46. The molecular weight excluding hydrogens is 224 g/mol. The zero-order valence-corrected chi connectivity index (χ0v) is 10.5. The van der Waals surface area contributed by atoms with Crippen molar-refractivity contribution in [2.45, 2.75) is 13.3 Å². The zero-order valence-electron chi connectivity index (χ0n) is 10.5. The molecule has 0 amide bonds. The summed E-state index contributed by atoms with van der Waals surface area (Å²) in [5.41, 5.74) is 3.66. The van der Waals surface area contributed by atoms with Crippen LogP contribution in [-0.4, -0.2) is 12.1 Å². The molecule has 2 aromatic rings. The first-order valence-electron chi connectivity index (χ1n) is 5.81. The summed E-state index contributed by atoms with van der Waals surface area (Å²) in [6, 6.07) is 10.0. The minimum absolute atomic E-state index is 0.552. The van der Waals surface area contributed by atoms with E-state index in [0.29, 0.717) is 5.56 Å². The molecule has 0 N–H and O–H groups in total. The molecule has 2 rings (SSSR count). The minimum Gasteiger partial charge on any atom is -0.496 e. The lowest BCUT2D eigenvalue weighted by Crippen LogP contribution is -1.91. The number of nitriles is 1. The standard InChI is InChI=1S/C15H14N2O/c1-3-11-4-5-15(18-2)14(7-11)13-6-12(8-16)9-17-10-13/h4-7,9-10H,3H2,1-2H3. The monoisotopic (exact) mass is 238 g/mol. The van der Waals surface area contributed by atoms with Gasteiger partial charge in [-0.2, -0.15) is 5.26 Å². The summed E-state index contributed by atoms with van der Waals surface area (Å²) in [5, 5.41) is 8.91. The van der Waals surface area contributed by atoms with Crippen LogP contribution in [0.4, 0.5) is 0 Å². The van der Waals surface area contributed by atoms with Crippen LogP contribution in [0, 0.1) is 11.3 Å². The number of aromatic nitrogens is 1. The molecular formula is C15H14N2O. The highest BCUT2D eigenvalue weighted by Gasteiger charge is 2.07. The third-order valence-corrected chi connectivity index (χ3v) is 2.85. The number of hydrogen-bond donors (Lipinski definition) is 0. The first-order chi connectivity index (χ1) is 8.78. The fourth-order valence-electron chi connectivity index (χ4n) is 1.85. The lowest BCUT2D eigenvalue weighted by Gasteiger charge is -2.10. The van der Waals surface area contributed by atoms with Gasteiger partial charge in [0.05, 0.1) is 12.7 Å².